The Bertz CT molecular complexity index is 378. The van der Waals surface area contributed by atoms with Gasteiger partial charge in [0.1, 0.15) is 0 Å². The molecule has 0 radical (unpaired) electrons. The summed E-state index contributed by atoms with van der Waals surface area (Å²) in [6.45, 7) is 1.26. The van der Waals surface area contributed by atoms with E-state index in [1.807, 2.05) is 0 Å². The highest BCUT2D eigenvalue weighted by molar-refractivity contribution is 7.91. The van der Waals surface area contributed by atoms with Crippen LogP contribution in [0.4, 0.5) is 0 Å². The van der Waals surface area contributed by atoms with Gasteiger partial charge in [-0.25, -0.2) is 8.42 Å². The van der Waals surface area contributed by atoms with Gasteiger partial charge in [-0.15, -0.1) is 0 Å². The van der Waals surface area contributed by atoms with E-state index in [0.29, 0.717) is 19.4 Å². The molecule has 2 saturated heterocycles. The number of nitrogens with one attached hydrogen (secondary N) is 1. The molecule has 0 aromatic rings. The Kier molecular flexibility index (Phi) is 3.21. The molecule has 16 heavy (non-hydrogen) atoms. The molecule has 6 heteroatoms. The Labute approximate surface area is 95.1 Å². The van der Waals surface area contributed by atoms with Crippen LogP contribution in [-0.4, -0.2) is 44.1 Å². The number of rotatable bonds is 2. The molecule has 92 valence electrons. The first-order valence-electron chi connectivity index (χ1n) is 5.62. The highest BCUT2D eigenvalue weighted by atomic mass is 32.2. The van der Waals surface area contributed by atoms with Gasteiger partial charge in [0.25, 0.3) is 0 Å². The molecular formula is C10H17NO4S. The van der Waals surface area contributed by atoms with E-state index in [-0.39, 0.29) is 29.3 Å². The lowest BCUT2D eigenvalue weighted by Crippen LogP contribution is -2.42. The number of hydrogen-bond donors (Lipinski definition) is 2. The van der Waals surface area contributed by atoms with E-state index in [9.17, 15) is 13.2 Å². The van der Waals surface area contributed by atoms with Gasteiger partial charge in [0.2, 0.25) is 0 Å². The minimum Gasteiger partial charge on any atom is -0.481 e. The molecule has 2 heterocycles. The maximum Gasteiger partial charge on any atom is 0.307 e. The van der Waals surface area contributed by atoms with E-state index in [1.165, 1.54) is 0 Å². The van der Waals surface area contributed by atoms with Crippen molar-refractivity contribution in [3.63, 3.8) is 0 Å². The van der Waals surface area contributed by atoms with Crippen molar-refractivity contribution in [2.45, 2.75) is 12.8 Å². The molecule has 3 atom stereocenters. The van der Waals surface area contributed by atoms with Crippen LogP contribution in [0.15, 0.2) is 0 Å². The van der Waals surface area contributed by atoms with Crippen molar-refractivity contribution in [1.82, 2.24) is 5.32 Å². The van der Waals surface area contributed by atoms with E-state index in [1.54, 1.807) is 0 Å². The summed E-state index contributed by atoms with van der Waals surface area (Å²) in [7, 11) is -2.86. The second-order valence-electron chi connectivity index (χ2n) is 4.85. The van der Waals surface area contributed by atoms with E-state index in [4.69, 9.17) is 5.11 Å². The quantitative estimate of drug-likeness (QED) is 0.702. The first-order chi connectivity index (χ1) is 7.48. The second kappa shape index (κ2) is 4.33. The minimum absolute atomic E-state index is 0.152. The minimum atomic E-state index is -2.86. The van der Waals surface area contributed by atoms with Crippen LogP contribution in [0, 0.1) is 17.8 Å². The summed E-state index contributed by atoms with van der Waals surface area (Å²) in [6.07, 6.45) is 1.31. The van der Waals surface area contributed by atoms with Gasteiger partial charge in [-0.1, -0.05) is 0 Å². The zero-order valence-electron chi connectivity index (χ0n) is 9.05. The highest BCUT2D eigenvalue weighted by Crippen LogP contribution is 2.31. The average molecular weight is 247 g/mol. The van der Waals surface area contributed by atoms with Crippen LogP contribution in [0.2, 0.25) is 0 Å². The fourth-order valence-electron chi connectivity index (χ4n) is 2.72. The predicted octanol–water partition coefficient (Wildman–Crippen LogP) is -0.269. The molecule has 2 aliphatic rings. The van der Waals surface area contributed by atoms with Crippen LogP contribution < -0.4 is 5.32 Å². The third-order valence-electron chi connectivity index (χ3n) is 3.67. The number of carboxylic acid groups (broad SMARTS) is 1. The maximum atomic E-state index is 11.4. The fraction of sp³-hybridized carbons (Fsp3) is 0.900. The molecule has 2 aliphatic heterocycles. The molecule has 0 aromatic carbocycles. The van der Waals surface area contributed by atoms with Crippen molar-refractivity contribution in [2.24, 2.45) is 17.8 Å². The van der Waals surface area contributed by atoms with E-state index < -0.39 is 15.8 Å². The molecule has 2 fully saturated rings. The van der Waals surface area contributed by atoms with Crippen LogP contribution >= 0.6 is 0 Å². The number of carboxylic acids is 1. The lowest BCUT2D eigenvalue weighted by atomic mass is 9.81. The summed E-state index contributed by atoms with van der Waals surface area (Å²) < 4.78 is 22.7. The number of sulfone groups is 1. The predicted molar refractivity (Wildman–Crippen MR) is 58.9 cm³/mol. The summed E-state index contributed by atoms with van der Waals surface area (Å²) in [4.78, 5) is 10.9. The molecule has 2 rings (SSSR count). The molecule has 0 aromatic heterocycles. The van der Waals surface area contributed by atoms with Crippen molar-refractivity contribution in [3.05, 3.63) is 0 Å². The van der Waals surface area contributed by atoms with E-state index in [0.717, 1.165) is 6.54 Å². The van der Waals surface area contributed by atoms with Crippen LogP contribution in [0.5, 0.6) is 0 Å². The molecule has 0 bridgehead atoms. The Balaban J connectivity index is 1.98. The number of carbonyl (C=O) groups is 1. The first-order valence-corrected chi connectivity index (χ1v) is 7.44. The number of piperidine rings is 1. The van der Waals surface area contributed by atoms with Gasteiger partial charge >= 0.3 is 5.97 Å². The van der Waals surface area contributed by atoms with Crippen LogP contribution in [-0.2, 0) is 14.6 Å². The van der Waals surface area contributed by atoms with Crippen LogP contribution in [0.25, 0.3) is 0 Å². The Hall–Kier alpha value is -0.620. The average Bonchev–Trinajstić information content (AvgIpc) is 2.59. The van der Waals surface area contributed by atoms with Gasteiger partial charge in [-0.2, -0.15) is 0 Å². The molecule has 0 amide bonds. The summed E-state index contributed by atoms with van der Waals surface area (Å²) in [6, 6.07) is 0. The summed E-state index contributed by atoms with van der Waals surface area (Å²) in [5.41, 5.74) is 0. The van der Waals surface area contributed by atoms with Crippen molar-refractivity contribution >= 4 is 15.8 Å². The zero-order chi connectivity index (χ0) is 11.8. The first kappa shape index (κ1) is 11.9. The summed E-state index contributed by atoms with van der Waals surface area (Å²) >= 11 is 0. The van der Waals surface area contributed by atoms with Crippen molar-refractivity contribution in [2.75, 3.05) is 24.6 Å². The lowest BCUT2D eigenvalue weighted by molar-refractivity contribution is -0.143. The van der Waals surface area contributed by atoms with Gasteiger partial charge in [0, 0.05) is 6.54 Å². The Morgan fingerprint density at radius 3 is 2.56 bits per heavy atom. The van der Waals surface area contributed by atoms with Gasteiger partial charge < -0.3 is 10.4 Å². The summed E-state index contributed by atoms with van der Waals surface area (Å²) in [5.74, 6) is -0.274. The topological polar surface area (TPSA) is 83.5 Å². The van der Waals surface area contributed by atoms with Crippen LogP contribution in [0.3, 0.4) is 0 Å². The fourth-order valence-corrected chi connectivity index (χ4v) is 4.64. The van der Waals surface area contributed by atoms with Gasteiger partial charge in [-0.05, 0) is 31.2 Å². The molecule has 3 unspecified atom stereocenters. The molecule has 0 aliphatic carbocycles. The van der Waals surface area contributed by atoms with Gasteiger partial charge in [0.15, 0.2) is 9.84 Å². The van der Waals surface area contributed by atoms with Gasteiger partial charge in [0.05, 0.1) is 17.4 Å². The van der Waals surface area contributed by atoms with E-state index in [2.05, 4.69) is 5.32 Å². The highest BCUT2D eigenvalue weighted by Gasteiger charge is 2.37. The largest absolute Gasteiger partial charge is 0.481 e. The third kappa shape index (κ3) is 2.55. The maximum absolute atomic E-state index is 11.4. The molecule has 0 saturated carbocycles. The lowest BCUT2D eigenvalue weighted by Gasteiger charge is -2.31. The molecule has 2 N–H and O–H groups in total. The monoisotopic (exact) mass is 247 g/mol. The Morgan fingerprint density at radius 2 is 2.00 bits per heavy atom. The van der Waals surface area contributed by atoms with Crippen molar-refractivity contribution in [3.8, 4) is 0 Å². The second-order valence-corrected chi connectivity index (χ2v) is 7.08. The normalized spacial score (nSPS) is 38.4. The van der Waals surface area contributed by atoms with E-state index >= 15 is 0 Å². The molecule has 5 nitrogen and oxygen atoms in total. The van der Waals surface area contributed by atoms with Crippen molar-refractivity contribution < 1.29 is 18.3 Å². The smallest absolute Gasteiger partial charge is 0.307 e. The molecular weight excluding hydrogens is 230 g/mol. The standard InChI is InChI=1S/C10H17NO4S/c12-10(13)9-3-8(4-11-5-9)7-1-2-16(14,15)6-7/h7-9,11H,1-6H2,(H,12,13). The number of hydrogen-bond acceptors (Lipinski definition) is 4. The molecule has 0 spiro atoms. The Morgan fingerprint density at radius 1 is 1.25 bits per heavy atom. The van der Waals surface area contributed by atoms with Crippen LogP contribution in [0.1, 0.15) is 12.8 Å². The third-order valence-corrected chi connectivity index (χ3v) is 5.46. The number of aliphatic carboxylic acids is 1. The zero-order valence-corrected chi connectivity index (χ0v) is 9.87. The van der Waals surface area contributed by atoms with Gasteiger partial charge in [-0.3, -0.25) is 4.79 Å². The van der Waals surface area contributed by atoms with Crippen molar-refractivity contribution in [1.29, 1.82) is 0 Å². The SMILES string of the molecule is O=C(O)C1CNCC(C2CCS(=O)(=O)C2)C1. The summed E-state index contributed by atoms with van der Waals surface area (Å²) in [5, 5.41) is 12.0.